The molecule has 1 heterocycles. The van der Waals surface area contributed by atoms with Gasteiger partial charge in [-0.3, -0.25) is 0 Å². The molecule has 1 aliphatic rings. The Hall–Kier alpha value is -2.38. The molecule has 0 saturated carbocycles. The smallest absolute Gasteiger partial charge is 0.330 e. The van der Waals surface area contributed by atoms with Gasteiger partial charge in [-0.1, -0.05) is 53.7 Å². The van der Waals surface area contributed by atoms with E-state index in [9.17, 15) is 9.18 Å². The van der Waals surface area contributed by atoms with Crippen molar-refractivity contribution >= 4 is 22.8 Å². The third kappa shape index (κ3) is 3.77. The van der Waals surface area contributed by atoms with E-state index < -0.39 is 4.87 Å². The molecule has 0 radical (unpaired) electrons. The Bertz CT molecular complexity index is 887. The predicted molar refractivity (Wildman–Crippen MR) is 113 cm³/mol. The molecule has 2 aromatic carbocycles. The number of nitrogens with zero attached hydrogens (tertiary/aromatic N) is 3. The lowest BCUT2D eigenvalue weighted by Crippen LogP contribution is -2.46. The highest BCUT2D eigenvalue weighted by Crippen LogP contribution is 2.50. The molecule has 3 rings (SSSR count). The molecule has 1 atom stereocenters. The molecule has 28 heavy (non-hydrogen) atoms. The fourth-order valence-corrected chi connectivity index (χ4v) is 4.63. The van der Waals surface area contributed by atoms with Crippen molar-refractivity contribution < 1.29 is 9.18 Å². The number of carbonyl (C=O) groups excluding carboxylic acids is 1. The van der Waals surface area contributed by atoms with Crippen LogP contribution in [0, 0.1) is 12.7 Å². The van der Waals surface area contributed by atoms with Gasteiger partial charge in [0.15, 0.2) is 0 Å². The largest absolute Gasteiger partial charge is 0.341 e. The maximum atomic E-state index is 14.6. The topological polar surface area (TPSA) is 61.9 Å². The van der Waals surface area contributed by atoms with Crippen molar-refractivity contribution in [3.05, 3.63) is 71.0 Å². The van der Waals surface area contributed by atoms with Crippen molar-refractivity contribution in [1.82, 2.24) is 9.91 Å². The third-order valence-corrected chi connectivity index (χ3v) is 6.10. The van der Waals surface area contributed by atoms with E-state index in [0.29, 0.717) is 30.0 Å². The Morgan fingerprint density at radius 1 is 1.25 bits per heavy atom. The van der Waals surface area contributed by atoms with E-state index in [4.69, 9.17) is 5.73 Å². The Morgan fingerprint density at radius 3 is 2.61 bits per heavy atom. The number of hydrazone groups is 1. The van der Waals surface area contributed by atoms with Crippen molar-refractivity contribution in [2.45, 2.75) is 24.6 Å². The van der Waals surface area contributed by atoms with Crippen LogP contribution in [0.5, 0.6) is 0 Å². The summed E-state index contributed by atoms with van der Waals surface area (Å²) in [5, 5.41) is 6.59. The summed E-state index contributed by atoms with van der Waals surface area (Å²) in [6.07, 6.45) is 1.32. The predicted octanol–water partition coefficient (Wildman–Crippen LogP) is 4.12. The van der Waals surface area contributed by atoms with Crippen molar-refractivity contribution in [3.8, 4) is 0 Å². The zero-order chi connectivity index (χ0) is 20.3. The number of hydrogen-bond donors (Lipinski definition) is 1. The van der Waals surface area contributed by atoms with E-state index in [1.807, 2.05) is 37.3 Å². The van der Waals surface area contributed by atoms with E-state index in [1.165, 1.54) is 27.7 Å². The van der Waals surface area contributed by atoms with Gasteiger partial charge in [-0.25, -0.2) is 9.18 Å². The highest BCUT2D eigenvalue weighted by atomic mass is 32.2. The first kappa shape index (κ1) is 20.4. The quantitative estimate of drug-likeness (QED) is 0.821. The number of hydrogen-bond acceptors (Lipinski definition) is 4. The number of aryl methyl sites for hydroxylation is 1. The molecule has 0 spiro atoms. The first-order valence-corrected chi connectivity index (χ1v) is 10.0. The highest BCUT2D eigenvalue weighted by molar-refractivity contribution is 8.15. The van der Waals surface area contributed by atoms with Crippen molar-refractivity contribution in [1.29, 1.82) is 0 Å². The second kappa shape index (κ2) is 8.32. The number of thioether (sulfide) groups is 1. The van der Waals surface area contributed by atoms with Gasteiger partial charge in [0.1, 0.15) is 15.7 Å². The van der Waals surface area contributed by atoms with Crippen LogP contribution in [-0.4, -0.2) is 41.6 Å². The Morgan fingerprint density at radius 2 is 1.96 bits per heavy atom. The Labute approximate surface area is 169 Å². The number of amides is 2. The van der Waals surface area contributed by atoms with Gasteiger partial charge >= 0.3 is 6.03 Å². The van der Waals surface area contributed by atoms with Gasteiger partial charge in [0.05, 0.1) is 0 Å². The van der Waals surface area contributed by atoms with Crippen LogP contribution in [0.4, 0.5) is 9.18 Å². The SMILES string of the molecule is Cc1ccc(F)c(C2=NN(C(=O)N(C)C)C(CCCN)(c3ccccc3)S2)c1. The first-order valence-electron chi connectivity index (χ1n) is 9.20. The fraction of sp³-hybridized carbons (Fsp3) is 0.333. The minimum atomic E-state index is -0.770. The highest BCUT2D eigenvalue weighted by Gasteiger charge is 2.49. The summed E-state index contributed by atoms with van der Waals surface area (Å²) in [6, 6.07) is 14.4. The maximum Gasteiger partial charge on any atom is 0.341 e. The molecule has 0 bridgehead atoms. The zero-order valence-electron chi connectivity index (χ0n) is 16.4. The maximum absolute atomic E-state index is 14.6. The van der Waals surface area contributed by atoms with Gasteiger partial charge in [0.2, 0.25) is 0 Å². The summed E-state index contributed by atoms with van der Waals surface area (Å²) in [4.78, 5) is 13.7. The second-order valence-electron chi connectivity index (χ2n) is 7.02. The van der Waals surface area contributed by atoms with E-state index >= 15 is 0 Å². The van der Waals surface area contributed by atoms with Crippen LogP contribution in [0.3, 0.4) is 0 Å². The van der Waals surface area contributed by atoms with Crippen LogP contribution in [0.2, 0.25) is 0 Å². The van der Waals surface area contributed by atoms with Crippen molar-refractivity contribution in [3.63, 3.8) is 0 Å². The molecule has 148 valence electrons. The normalized spacial score (nSPS) is 18.9. The zero-order valence-corrected chi connectivity index (χ0v) is 17.2. The van der Waals surface area contributed by atoms with Crippen LogP contribution in [0.15, 0.2) is 53.6 Å². The van der Waals surface area contributed by atoms with Gasteiger partial charge in [0, 0.05) is 19.7 Å². The lowest BCUT2D eigenvalue weighted by atomic mass is 10.0. The summed E-state index contributed by atoms with van der Waals surface area (Å²) in [5.74, 6) is -0.350. The number of carbonyl (C=O) groups is 1. The molecule has 2 aromatic rings. The van der Waals surface area contributed by atoms with Gasteiger partial charge in [0.25, 0.3) is 0 Å². The summed E-state index contributed by atoms with van der Waals surface area (Å²) in [7, 11) is 3.37. The molecule has 1 aliphatic heterocycles. The van der Waals surface area contributed by atoms with Crippen molar-refractivity contribution in [2.75, 3.05) is 20.6 Å². The number of nitrogens with two attached hydrogens (primary N) is 1. The molecule has 0 aromatic heterocycles. The number of halogens is 1. The van der Waals surface area contributed by atoms with Crippen LogP contribution < -0.4 is 5.73 Å². The third-order valence-electron chi connectivity index (χ3n) is 4.66. The van der Waals surface area contributed by atoms with E-state index in [-0.39, 0.29) is 11.8 Å². The molecular weight excluding hydrogens is 375 g/mol. The second-order valence-corrected chi connectivity index (χ2v) is 8.29. The summed E-state index contributed by atoms with van der Waals surface area (Å²) in [5.41, 5.74) is 8.08. The molecule has 0 aliphatic carbocycles. The minimum Gasteiger partial charge on any atom is -0.330 e. The van der Waals surface area contributed by atoms with Gasteiger partial charge in [-0.2, -0.15) is 10.1 Å². The average Bonchev–Trinajstić information content (AvgIpc) is 3.08. The van der Waals surface area contributed by atoms with Crippen molar-refractivity contribution in [2.24, 2.45) is 10.8 Å². The summed E-state index contributed by atoms with van der Waals surface area (Å²) >= 11 is 1.41. The standard InChI is InChI=1S/C21H25FN4OS/c1-15-10-11-18(22)17(14-15)19-24-26(20(27)25(2)3)21(28-19,12-7-13-23)16-8-5-4-6-9-16/h4-6,8-11,14H,7,12-13,23H2,1-3H3. The van der Waals surface area contributed by atoms with E-state index in [1.54, 1.807) is 26.2 Å². The van der Waals surface area contributed by atoms with Crippen LogP contribution >= 0.6 is 11.8 Å². The molecule has 2 N–H and O–H groups in total. The van der Waals surface area contributed by atoms with Crippen LogP contribution in [0.25, 0.3) is 0 Å². The summed E-state index contributed by atoms with van der Waals surface area (Å²) in [6.45, 7) is 2.40. The molecule has 1 unspecified atom stereocenters. The van der Waals surface area contributed by atoms with Crippen LogP contribution in [0.1, 0.15) is 29.5 Å². The van der Waals surface area contributed by atoms with E-state index in [2.05, 4.69) is 5.10 Å². The van der Waals surface area contributed by atoms with Crippen LogP contribution in [-0.2, 0) is 4.87 Å². The van der Waals surface area contributed by atoms with Gasteiger partial charge in [-0.05, 0) is 44.0 Å². The fourth-order valence-electron chi connectivity index (χ4n) is 3.22. The van der Waals surface area contributed by atoms with Gasteiger partial charge in [-0.15, -0.1) is 0 Å². The Kier molecular flexibility index (Phi) is 6.05. The van der Waals surface area contributed by atoms with E-state index in [0.717, 1.165) is 11.1 Å². The molecule has 7 heteroatoms. The lowest BCUT2D eigenvalue weighted by Gasteiger charge is -2.37. The Balaban J connectivity index is 2.15. The first-order chi connectivity index (χ1) is 13.4. The molecule has 5 nitrogen and oxygen atoms in total. The van der Waals surface area contributed by atoms with Gasteiger partial charge < -0.3 is 10.6 Å². The lowest BCUT2D eigenvalue weighted by molar-refractivity contribution is 0.138. The molecule has 0 fully saturated rings. The number of rotatable bonds is 5. The average molecular weight is 401 g/mol. The monoisotopic (exact) mass is 400 g/mol. The minimum absolute atomic E-state index is 0.253. The molecular formula is C21H25FN4OS. The molecule has 2 amide bonds. The molecule has 0 saturated heterocycles. The summed E-state index contributed by atoms with van der Waals surface area (Å²) < 4.78 is 14.6. The number of benzene rings is 2. The number of urea groups is 1.